The smallest absolute Gasteiger partial charge is 0.180 e. The number of carbonyl (C=O) groups excluding carboxylic acids is 3. The molecule has 2 aliphatic heterocycles. The van der Waals surface area contributed by atoms with Crippen LogP contribution in [0.1, 0.15) is 70.1 Å². The average molecular weight is 523 g/mol. The van der Waals surface area contributed by atoms with Crippen molar-refractivity contribution in [1.29, 1.82) is 0 Å². The Hall–Kier alpha value is -4.26. The molecule has 1 spiro atoms. The summed E-state index contributed by atoms with van der Waals surface area (Å²) in [5, 5.41) is 6.50. The summed E-state index contributed by atoms with van der Waals surface area (Å²) in [7, 11) is 3.10. The predicted octanol–water partition coefficient (Wildman–Crippen LogP) is 5.24. The second-order valence-electron chi connectivity index (χ2n) is 11.4. The lowest BCUT2D eigenvalue weighted by molar-refractivity contribution is -0.131. The zero-order chi connectivity index (χ0) is 27.7. The van der Waals surface area contributed by atoms with E-state index in [-0.39, 0.29) is 17.3 Å². The van der Waals surface area contributed by atoms with Gasteiger partial charge >= 0.3 is 0 Å². The Morgan fingerprint density at radius 1 is 0.872 bits per heavy atom. The number of methoxy groups -OCH3 is 2. The van der Waals surface area contributed by atoms with Crippen molar-refractivity contribution in [3.63, 3.8) is 0 Å². The highest BCUT2D eigenvalue weighted by atomic mass is 16.5. The van der Waals surface area contributed by atoms with Crippen LogP contribution in [0, 0.1) is 10.8 Å². The van der Waals surface area contributed by atoms with Gasteiger partial charge in [-0.15, -0.1) is 0 Å². The first kappa shape index (κ1) is 25.0. The fraction of sp³-hybridized carbons (Fsp3) is 0.312. The zero-order valence-electron chi connectivity index (χ0n) is 22.6. The van der Waals surface area contributed by atoms with Crippen LogP contribution in [0.2, 0.25) is 0 Å². The minimum Gasteiger partial charge on any atom is -0.497 e. The number of Topliss-reactive ketones (excluding diaryl/α,β-unsaturated/α-hetero) is 3. The lowest BCUT2D eigenvalue weighted by Crippen LogP contribution is -2.45. The van der Waals surface area contributed by atoms with Crippen LogP contribution in [0.15, 0.2) is 71.8 Å². The summed E-state index contributed by atoms with van der Waals surface area (Å²) in [6.45, 7) is 5.56. The third-order valence-electron chi connectivity index (χ3n) is 8.36. The third-order valence-corrected chi connectivity index (χ3v) is 8.36. The molecule has 3 aliphatic rings. The van der Waals surface area contributed by atoms with Crippen molar-refractivity contribution >= 4 is 23.6 Å². The number of ether oxygens (including phenoxy) is 2. The number of fused-ring (bicyclic) bond motifs is 5. The molecule has 3 aromatic rings. The fourth-order valence-corrected chi connectivity index (χ4v) is 6.64. The highest BCUT2D eigenvalue weighted by Gasteiger charge is 2.73. The molecule has 3 aromatic carbocycles. The first-order valence-corrected chi connectivity index (χ1v) is 13.0. The quantitative estimate of drug-likeness (QED) is 0.436. The van der Waals surface area contributed by atoms with E-state index >= 15 is 0 Å². The molecule has 1 fully saturated rings. The number of rotatable bonds is 4. The number of nitrogens with zero attached hydrogens (tertiary/aromatic N) is 2. The number of hydrogen-bond donors (Lipinski definition) is 0. The molecule has 7 heteroatoms. The van der Waals surface area contributed by atoms with Crippen LogP contribution in [-0.2, 0) is 4.79 Å². The summed E-state index contributed by atoms with van der Waals surface area (Å²) in [5.74, 6) is -0.561. The molecule has 0 saturated carbocycles. The van der Waals surface area contributed by atoms with Gasteiger partial charge in [0.1, 0.15) is 23.0 Å². The summed E-state index contributed by atoms with van der Waals surface area (Å²) in [5.41, 5.74) is 0.542. The van der Waals surface area contributed by atoms with Crippen LogP contribution in [0.4, 0.5) is 0 Å². The van der Waals surface area contributed by atoms with Crippen LogP contribution in [0.5, 0.6) is 11.5 Å². The molecule has 6 rings (SSSR count). The average Bonchev–Trinajstić information content (AvgIpc) is 3.37. The molecule has 0 bridgehead atoms. The highest BCUT2D eigenvalue weighted by molar-refractivity contribution is 6.31. The SMILES string of the molecule is COc1ccc([C@H]2[C@H](C(=O)C(C)(C)C)N3N=Cc4ccccc4[C@H]3C23C(=O)c2ccccc2C3=O)c(OC)c1. The lowest BCUT2D eigenvalue weighted by Gasteiger charge is -2.36. The molecule has 198 valence electrons. The Kier molecular flexibility index (Phi) is 5.54. The van der Waals surface area contributed by atoms with Crippen molar-refractivity contribution in [3.05, 3.63) is 94.5 Å². The maximum absolute atomic E-state index is 14.7. The highest BCUT2D eigenvalue weighted by Crippen LogP contribution is 2.66. The topological polar surface area (TPSA) is 85.3 Å². The van der Waals surface area contributed by atoms with Crippen molar-refractivity contribution in [1.82, 2.24) is 5.01 Å². The second kappa shape index (κ2) is 8.63. The fourth-order valence-electron chi connectivity index (χ4n) is 6.64. The molecule has 7 nitrogen and oxygen atoms in total. The molecule has 39 heavy (non-hydrogen) atoms. The molecular weight excluding hydrogens is 492 g/mol. The Bertz CT molecular complexity index is 1530. The Balaban J connectivity index is 1.73. The van der Waals surface area contributed by atoms with Gasteiger partial charge in [0, 0.05) is 34.1 Å². The summed E-state index contributed by atoms with van der Waals surface area (Å²) in [4.78, 5) is 43.9. The minimum absolute atomic E-state index is 0.111. The Morgan fingerprint density at radius 3 is 2.13 bits per heavy atom. The Morgan fingerprint density at radius 2 is 1.51 bits per heavy atom. The lowest BCUT2D eigenvalue weighted by atomic mass is 9.62. The van der Waals surface area contributed by atoms with Crippen molar-refractivity contribution in [2.24, 2.45) is 15.9 Å². The van der Waals surface area contributed by atoms with Gasteiger partial charge in [0.15, 0.2) is 17.3 Å². The normalized spacial score (nSPS) is 22.5. The molecule has 0 radical (unpaired) electrons. The first-order chi connectivity index (χ1) is 18.7. The van der Waals surface area contributed by atoms with Crippen LogP contribution < -0.4 is 9.47 Å². The molecule has 3 atom stereocenters. The van der Waals surface area contributed by atoms with E-state index in [0.29, 0.717) is 28.2 Å². The van der Waals surface area contributed by atoms with Crippen LogP contribution in [-0.4, -0.2) is 48.8 Å². The molecule has 0 aromatic heterocycles. The maximum atomic E-state index is 14.7. The second-order valence-corrected chi connectivity index (χ2v) is 11.4. The standard InChI is InChI=1S/C32H30N2O5/c1-31(2,3)30(37)26-25(23-15-14-19(38-4)16-24(23)39-5)32(28(35)21-12-8-9-13-22(21)29(32)36)27-20-11-7-6-10-18(20)17-33-34(26)27/h6-17,25-27H,1-5H3/t25-,26+,27-/m0/s1. The van der Waals surface area contributed by atoms with Crippen molar-refractivity contribution in [2.75, 3.05) is 14.2 Å². The van der Waals surface area contributed by atoms with E-state index in [9.17, 15) is 14.4 Å². The number of hydrazone groups is 1. The summed E-state index contributed by atoms with van der Waals surface area (Å²) in [6, 6.07) is 18.2. The van der Waals surface area contributed by atoms with Crippen LogP contribution >= 0.6 is 0 Å². The van der Waals surface area contributed by atoms with Gasteiger partial charge in [-0.3, -0.25) is 19.4 Å². The van der Waals surface area contributed by atoms with Crippen LogP contribution in [0.3, 0.4) is 0 Å². The maximum Gasteiger partial charge on any atom is 0.180 e. The number of hydrogen-bond acceptors (Lipinski definition) is 7. The third kappa shape index (κ3) is 3.28. The van der Waals surface area contributed by atoms with Gasteiger partial charge in [-0.05, 0) is 17.2 Å². The molecule has 0 amide bonds. The van der Waals surface area contributed by atoms with Gasteiger partial charge in [0.2, 0.25) is 0 Å². The van der Waals surface area contributed by atoms with E-state index in [1.54, 1.807) is 54.7 Å². The van der Waals surface area contributed by atoms with Gasteiger partial charge < -0.3 is 9.47 Å². The monoisotopic (exact) mass is 522 g/mol. The predicted molar refractivity (Wildman–Crippen MR) is 147 cm³/mol. The van der Waals surface area contributed by atoms with Crippen molar-refractivity contribution in [2.45, 2.75) is 38.8 Å². The van der Waals surface area contributed by atoms with Gasteiger partial charge in [-0.2, -0.15) is 5.10 Å². The molecule has 2 heterocycles. The van der Waals surface area contributed by atoms with E-state index in [2.05, 4.69) is 0 Å². The first-order valence-electron chi connectivity index (χ1n) is 13.0. The van der Waals surface area contributed by atoms with E-state index in [1.165, 1.54) is 7.11 Å². The van der Waals surface area contributed by atoms with Gasteiger partial charge in [-0.1, -0.05) is 75.4 Å². The van der Waals surface area contributed by atoms with E-state index < -0.39 is 28.8 Å². The van der Waals surface area contributed by atoms with Gasteiger partial charge in [0.25, 0.3) is 0 Å². The number of carbonyl (C=O) groups is 3. The molecule has 0 N–H and O–H groups in total. The van der Waals surface area contributed by atoms with Gasteiger partial charge in [0.05, 0.1) is 26.5 Å². The van der Waals surface area contributed by atoms with E-state index in [1.807, 2.05) is 51.1 Å². The van der Waals surface area contributed by atoms with E-state index in [0.717, 1.165) is 11.1 Å². The van der Waals surface area contributed by atoms with Crippen LogP contribution in [0.25, 0.3) is 0 Å². The number of ketones is 3. The molecule has 1 saturated heterocycles. The van der Waals surface area contributed by atoms with Crippen molar-refractivity contribution in [3.8, 4) is 11.5 Å². The van der Waals surface area contributed by atoms with E-state index in [4.69, 9.17) is 14.6 Å². The zero-order valence-corrected chi connectivity index (χ0v) is 22.6. The summed E-state index contributed by atoms with van der Waals surface area (Å²) in [6.07, 6.45) is 1.72. The largest absolute Gasteiger partial charge is 0.497 e. The summed E-state index contributed by atoms with van der Waals surface area (Å²) >= 11 is 0. The Labute approximate surface area is 227 Å². The number of benzene rings is 3. The molecule has 0 unspecified atom stereocenters. The molecular formula is C32H30N2O5. The molecule has 1 aliphatic carbocycles. The van der Waals surface area contributed by atoms with Gasteiger partial charge in [-0.25, -0.2) is 0 Å². The van der Waals surface area contributed by atoms with Crippen molar-refractivity contribution < 1.29 is 23.9 Å². The minimum atomic E-state index is -1.63. The summed E-state index contributed by atoms with van der Waals surface area (Å²) < 4.78 is 11.3.